The van der Waals surface area contributed by atoms with Crippen LogP contribution in [-0.4, -0.2) is 27.0 Å². The number of nitrogens with zero attached hydrogens (tertiary/aromatic N) is 3. The number of rotatable bonds is 7. The molecule has 11 heteroatoms. The highest BCUT2D eigenvalue weighted by molar-refractivity contribution is 5.90. The number of nitrogens with one attached hydrogen (secondary N) is 1. The van der Waals surface area contributed by atoms with Gasteiger partial charge in [0.2, 0.25) is 5.91 Å². The smallest absolute Gasteiger partial charge is 0.406 e. The molecule has 0 saturated carbocycles. The van der Waals surface area contributed by atoms with Crippen LogP contribution in [0.1, 0.15) is 18.9 Å². The van der Waals surface area contributed by atoms with E-state index in [4.69, 9.17) is 4.52 Å². The first-order valence-corrected chi connectivity index (χ1v) is 10.3. The van der Waals surface area contributed by atoms with E-state index >= 15 is 0 Å². The van der Waals surface area contributed by atoms with Crippen molar-refractivity contribution >= 4 is 22.7 Å². The SMILES string of the molecule is CCc1ccc(-c2noc3c(=O)n(CCC(=O)Nc4ccc(OC(F)(F)F)cc4)cnc23)cc1. The van der Waals surface area contributed by atoms with E-state index in [1.807, 2.05) is 31.2 Å². The molecule has 0 fully saturated rings. The number of benzene rings is 2. The van der Waals surface area contributed by atoms with Crippen molar-refractivity contribution in [3.63, 3.8) is 0 Å². The van der Waals surface area contributed by atoms with Gasteiger partial charge in [-0.25, -0.2) is 4.98 Å². The third kappa shape index (κ3) is 5.25. The Morgan fingerprint density at radius 2 is 1.82 bits per heavy atom. The number of aryl methyl sites for hydroxylation is 2. The molecule has 2 heterocycles. The third-order valence-electron chi connectivity index (χ3n) is 5.04. The highest BCUT2D eigenvalue weighted by atomic mass is 19.4. The number of amides is 1. The zero-order valence-electron chi connectivity index (χ0n) is 17.9. The first kappa shape index (κ1) is 23.0. The van der Waals surface area contributed by atoms with Gasteiger partial charge in [0.25, 0.3) is 11.1 Å². The molecule has 1 N–H and O–H groups in total. The monoisotopic (exact) mass is 472 g/mol. The van der Waals surface area contributed by atoms with Crippen LogP contribution in [0, 0.1) is 0 Å². The summed E-state index contributed by atoms with van der Waals surface area (Å²) in [5.74, 6) is -0.838. The minimum absolute atomic E-state index is 0.0160. The number of carbonyl (C=O) groups is 1. The fraction of sp³-hybridized carbons (Fsp3) is 0.217. The standard InChI is InChI=1S/C23H19F3N4O4/c1-2-14-3-5-15(6-4-14)19-20-21(34-29-19)22(32)30(13-27-20)12-11-18(31)28-16-7-9-17(10-8-16)33-23(24,25)26/h3-10,13H,2,11-12H2,1H3,(H,28,31). The number of aromatic nitrogens is 3. The first-order valence-electron chi connectivity index (χ1n) is 10.3. The summed E-state index contributed by atoms with van der Waals surface area (Å²) in [6.45, 7) is 2.07. The van der Waals surface area contributed by atoms with Gasteiger partial charge in [0, 0.05) is 24.2 Å². The van der Waals surface area contributed by atoms with Crippen molar-refractivity contribution in [3.05, 3.63) is 70.8 Å². The number of hydrogen-bond donors (Lipinski definition) is 1. The minimum atomic E-state index is -4.79. The molecule has 1 amide bonds. The number of halogens is 3. The van der Waals surface area contributed by atoms with Crippen LogP contribution in [-0.2, 0) is 17.8 Å². The molecular formula is C23H19F3N4O4. The summed E-state index contributed by atoms with van der Waals surface area (Å²) in [6.07, 6.45) is -2.65. The summed E-state index contributed by atoms with van der Waals surface area (Å²) in [5.41, 5.74) is 2.51. The predicted octanol–water partition coefficient (Wildman–Crippen LogP) is 4.54. The van der Waals surface area contributed by atoms with Crippen molar-refractivity contribution in [3.8, 4) is 17.0 Å². The molecule has 0 saturated heterocycles. The molecule has 0 radical (unpaired) electrons. The van der Waals surface area contributed by atoms with Gasteiger partial charge >= 0.3 is 6.36 Å². The van der Waals surface area contributed by atoms with Crippen LogP contribution in [0.3, 0.4) is 0 Å². The normalized spacial score (nSPS) is 11.5. The third-order valence-corrected chi connectivity index (χ3v) is 5.04. The van der Waals surface area contributed by atoms with Crippen LogP contribution in [0.5, 0.6) is 5.75 Å². The number of ether oxygens (including phenoxy) is 1. The van der Waals surface area contributed by atoms with Crippen molar-refractivity contribution in [2.75, 3.05) is 5.32 Å². The van der Waals surface area contributed by atoms with Crippen LogP contribution in [0.4, 0.5) is 18.9 Å². The Morgan fingerprint density at radius 1 is 1.12 bits per heavy atom. The van der Waals surface area contributed by atoms with Crippen molar-refractivity contribution in [1.82, 2.24) is 14.7 Å². The second kappa shape index (κ2) is 9.38. The summed E-state index contributed by atoms with van der Waals surface area (Å²) in [6, 6.07) is 12.4. The fourth-order valence-corrected chi connectivity index (χ4v) is 3.29. The highest BCUT2D eigenvalue weighted by Gasteiger charge is 2.31. The van der Waals surface area contributed by atoms with E-state index in [9.17, 15) is 22.8 Å². The van der Waals surface area contributed by atoms with Gasteiger partial charge in [-0.05, 0) is 36.2 Å². The zero-order valence-corrected chi connectivity index (χ0v) is 17.9. The van der Waals surface area contributed by atoms with E-state index < -0.39 is 23.6 Å². The van der Waals surface area contributed by atoms with E-state index in [-0.39, 0.29) is 24.2 Å². The predicted molar refractivity (Wildman–Crippen MR) is 117 cm³/mol. The Labute approximate surface area is 191 Å². The van der Waals surface area contributed by atoms with Crippen LogP contribution < -0.4 is 15.6 Å². The van der Waals surface area contributed by atoms with Gasteiger partial charge in [-0.15, -0.1) is 13.2 Å². The number of fused-ring (bicyclic) bond motifs is 1. The van der Waals surface area contributed by atoms with Gasteiger partial charge < -0.3 is 14.6 Å². The molecule has 0 spiro atoms. The lowest BCUT2D eigenvalue weighted by atomic mass is 10.1. The molecule has 2 aromatic heterocycles. The van der Waals surface area contributed by atoms with E-state index in [0.717, 1.165) is 29.7 Å². The lowest BCUT2D eigenvalue weighted by molar-refractivity contribution is -0.274. The quantitative estimate of drug-likeness (QED) is 0.424. The van der Waals surface area contributed by atoms with Gasteiger partial charge in [-0.1, -0.05) is 36.3 Å². The molecule has 4 aromatic rings. The summed E-state index contributed by atoms with van der Waals surface area (Å²) in [5, 5.41) is 6.54. The van der Waals surface area contributed by atoms with Crippen molar-refractivity contribution in [1.29, 1.82) is 0 Å². The Morgan fingerprint density at radius 3 is 2.47 bits per heavy atom. The zero-order chi connectivity index (χ0) is 24.3. The van der Waals surface area contributed by atoms with Crippen molar-refractivity contribution in [2.45, 2.75) is 32.7 Å². The van der Waals surface area contributed by atoms with Crippen LogP contribution >= 0.6 is 0 Å². The molecule has 0 atom stereocenters. The maximum absolute atomic E-state index is 12.7. The van der Waals surface area contributed by atoms with E-state index in [0.29, 0.717) is 11.2 Å². The van der Waals surface area contributed by atoms with Crippen molar-refractivity contribution < 1.29 is 27.2 Å². The summed E-state index contributed by atoms with van der Waals surface area (Å²) in [4.78, 5) is 29.3. The molecule has 34 heavy (non-hydrogen) atoms. The number of anilines is 1. The largest absolute Gasteiger partial charge is 0.573 e. The molecule has 8 nitrogen and oxygen atoms in total. The van der Waals surface area contributed by atoms with Gasteiger partial charge in [-0.2, -0.15) is 0 Å². The summed E-state index contributed by atoms with van der Waals surface area (Å²) in [7, 11) is 0. The maximum Gasteiger partial charge on any atom is 0.573 e. The first-order chi connectivity index (χ1) is 16.2. The van der Waals surface area contributed by atoms with Crippen LogP contribution in [0.25, 0.3) is 22.4 Å². The Kier molecular flexibility index (Phi) is 6.35. The summed E-state index contributed by atoms with van der Waals surface area (Å²) < 4.78 is 46.9. The highest BCUT2D eigenvalue weighted by Crippen LogP contribution is 2.25. The van der Waals surface area contributed by atoms with E-state index in [1.165, 1.54) is 23.0 Å². The number of alkyl halides is 3. The molecule has 0 aliphatic carbocycles. The van der Waals surface area contributed by atoms with Gasteiger partial charge in [0.1, 0.15) is 17.0 Å². The second-order valence-corrected chi connectivity index (χ2v) is 7.37. The average molecular weight is 472 g/mol. The lowest BCUT2D eigenvalue weighted by Gasteiger charge is -2.10. The van der Waals surface area contributed by atoms with Gasteiger partial charge in [-0.3, -0.25) is 14.2 Å². The number of hydrogen-bond acceptors (Lipinski definition) is 6. The number of carbonyl (C=O) groups excluding carboxylic acids is 1. The van der Waals surface area contributed by atoms with Crippen LogP contribution in [0.15, 0.2) is 64.2 Å². The summed E-state index contributed by atoms with van der Waals surface area (Å²) >= 11 is 0. The fourth-order valence-electron chi connectivity index (χ4n) is 3.29. The van der Waals surface area contributed by atoms with E-state index in [1.54, 1.807) is 0 Å². The molecule has 0 bridgehead atoms. The molecule has 4 rings (SSSR count). The van der Waals surface area contributed by atoms with Crippen molar-refractivity contribution in [2.24, 2.45) is 0 Å². The maximum atomic E-state index is 12.7. The molecule has 2 aromatic carbocycles. The molecule has 0 aliphatic rings. The molecule has 0 aliphatic heterocycles. The van der Waals surface area contributed by atoms with Crippen LogP contribution in [0.2, 0.25) is 0 Å². The Balaban J connectivity index is 1.42. The molecular weight excluding hydrogens is 453 g/mol. The average Bonchev–Trinajstić information content (AvgIpc) is 3.24. The molecule has 0 unspecified atom stereocenters. The van der Waals surface area contributed by atoms with E-state index in [2.05, 4.69) is 20.2 Å². The minimum Gasteiger partial charge on any atom is -0.406 e. The second-order valence-electron chi connectivity index (χ2n) is 7.37. The van der Waals surface area contributed by atoms with Gasteiger partial charge in [0.05, 0.1) is 6.33 Å². The Hall–Kier alpha value is -4.15. The van der Waals surface area contributed by atoms with Gasteiger partial charge in [0.15, 0.2) is 0 Å². The Bertz CT molecular complexity index is 1360. The lowest BCUT2D eigenvalue weighted by Crippen LogP contribution is -2.23. The molecule has 176 valence electrons. The topological polar surface area (TPSA) is 99.2 Å².